The smallest absolute Gasteiger partial charge is 0.374 e. The van der Waals surface area contributed by atoms with Crippen molar-refractivity contribution < 1.29 is 14.3 Å². The summed E-state index contributed by atoms with van der Waals surface area (Å²) in [5.74, 6) is 0.628. The van der Waals surface area contributed by atoms with E-state index < -0.39 is 5.60 Å². The minimum atomic E-state index is -0.649. The van der Waals surface area contributed by atoms with Crippen LogP contribution in [0.1, 0.15) is 32.3 Å². The minimum Gasteiger partial charge on any atom is -0.486 e. The van der Waals surface area contributed by atoms with Gasteiger partial charge in [0, 0.05) is 4.47 Å². The normalized spacial score (nSPS) is 21.1. The van der Waals surface area contributed by atoms with Gasteiger partial charge in [0.1, 0.15) is 5.60 Å². The summed E-state index contributed by atoms with van der Waals surface area (Å²) in [6, 6.07) is 7.87. The highest BCUT2D eigenvalue weighted by Crippen LogP contribution is 2.41. The van der Waals surface area contributed by atoms with Gasteiger partial charge in [0.15, 0.2) is 0 Å². The minimum absolute atomic E-state index is 0.353. The molecule has 20 heavy (non-hydrogen) atoms. The zero-order valence-corrected chi connectivity index (χ0v) is 13.2. The van der Waals surface area contributed by atoms with Crippen molar-refractivity contribution in [2.75, 3.05) is 6.61 Å². The van der Waals surface area contributed by atoms with Crippen LogP contribution in [0.2, 0.25) is 0 Å². The van der Waals surface area contributed by atoms with E-state index in [1.54, 1.807) is 0 Å². The maximum absolute atomic E-state index is 12.1. The molecule has 0 amide bonds. The van der Waals surface area contributed by atoms with Gasteiger partial charge < -0.3 is 9.47 Å². The molecule has 3 nitrogen and oxygen atoms in total. The predicted molar refractivity (Wildman–Crippen MR) is 79.9 cm³/mol. The molecule has 0 saturated heterocycles. The number of hydrogen-bond acceptors (Lipinski definition) is 3. The maximum Gasteiger partial charge on any atom is 0.374 e. The molecule has 0 aromatic heterocycles. The van der Waals surface area contributed by atoms with E-state index in [2.05, 4.69) is 15.9 Å². The van der Waals surface area contributed by atoms with Crippen molar-refractivity contribution in [3.63, 3.8) is 0 Å². The summed E-state index contributed by atoms with van der Waals surface area (Å²) >= 11 is 3.42. The van der Waals surface area contributed by atoms with Crippen molar-refractivity contribution in [3.8, 4) is 0 Å². The highest BCUT2D eigenvalue weighted by Gasteiger charge is 2.43. The van der Waals surface area contributed by atoms with Crippen molar-refractivity contribution in [1.29, 1.82) is 0 Å². The Balaban J connectivity index is 1.98. The van der Waals surface area contributed by atoms with Gasteiger partial charge in [-0.3, -0.25) is 0 Å². The first kappa shape index (κ1) is 13.7. The molecule has 1 aliphatic carbocycles. The van der Waals surface area contributed by atoms with Gasteiger partial charge in [-0.2, -0.15) is 0 Å². The Morgan fingerprint density at radius 2 is 1.95 bits per heavy atom. The van der Waals surface area contributed by atoms with Crippen molar-refractivity contribution in [1.82, 2.24) is 0 Å². The molecule has 1 aromatic rings. The topological polar surface area (TPSA) is 35.5 Å². The third-order valence-electron chi connectivity index (χ3n) is 3.66. The van der Waals surface area contributed by atoms with E-state index in [-0.39, 0.29) is 5.97 Å². The summed E-state index contributed by atoms with van der Waals surface area (Å²) in [7, 11) is 0. The number of hydrogen-bond donors (Lipinski definition) is 0. The first-order valence-electron chi connectivity index (χ1n) is 6.84. The number of carbonyl (C=O) groups is 1. The molecule has 1 saturated carbocycles. The highest BCUT2D eigenvalue weighted by atomic mass is 79.9. The third kappa shape index (κ3) is 2.62. The molecule has 0 N–H and O–H groups in total. The summed E-state index contributed by atoms with van der Waals surface area (Å²) in [6.07, 6.45) is 2.39. The molecular formula is C16H17BrO3. The van der Waals surface area contributed by atoms with Gasteiger partial charge in [-0.25, -0.2) is 4.79 Å². The van der Waals surface area contributed by atoms with Crippen LogP contribution in [0.5, 0.6) is 0 Å². The molecule has 0 atom stereocenters. The van der Waals surface area contributed by atoms with E-state index in [9.17, 15) is 4.79 Å². The molecule has 0 bridgehead atoms. The van der Waals surface area contributed by atoms with Gasteiger partial charge in [0.05, 0.1) is 12.2 Å². The number of benzene rings is 1. The average Bonchev–Trinajstić information content (AvgIpc) is 3.15. The van der Waals surface area contributed by atoms with Gasteiger partial charge in [-0.05, 0) is 50.3 Å². The fraction of sp³-hybridized carbons (Fsp3) is 0.438. The molecule has 4 heteroatoms. The van der Waals surface area contributed by atoms with Crippen LogP contribution in [0.25, 0.3) is 5.57 Å². The van der Waals surface area contributed by atoms with Crippen molar-refractivity contribution in [2.24, 2.45) is 5.92 Å². The number of halogens is 1. The monoisotopic (exact) mass is 336 g/mol. The predicted octanol–water partition coefficient (Wildman–Crippen LogP) is 3.92. The lowest BCUT2D eigenvalue weighted by Crippen LogP contribution is -2.22. The second-order valence-electron chi connectivity index (χ2n) is 5.87. The largest absolute Gasteiger partial charge is 0.486 e. The van der Waals surface area contributed by atoms with Gasteiger partial charge >= 0.3 is 5.97 Å². The number of cyclic esters (lactones) is 1. The van der Waals surface area contributed by atoms with Crippen molar-refractivity contribution in [3.05, 3.63) is 40.1 Å². The molecule has 106 valence electrons. The zero-order chi connectivity index (χ0) is 14.3. The molecule has 1 aromatic carbocycles. The highest BCUT2D eigenvalue weighted by molar-refractivity contribution is 9.10. The Morgan fingerprint density at radius 1 is 1.30 bits per heavy atom. The molecule has 1 heterocycles. The van der Waals surface area contributed by atoms with E-state index in [4.69, 9.17) is 9.47 Å². The van der Waals surface area contributed by atoms with Crippen LogP contribution in [0.4, 0.5) is 0 Å². The Bertz CT molecular complexity index is 568. The Morgan fingerprint density at radius 3 is 2.55 bits per heavy atom. The first-order valence-corrected chi connectivity index (χ1v) is 7.63. The van der Waals surface area contributed by atoms with Gasteiger partial charge in [-0.1, -0.05) is 28.1 Å². The second-order valence-corrected chi connectivity index (χ2v) is 6.78. The molecule has 0 unspecified atom stereocenters. The fourth-order valence-corrected chi connectivity index (χ4v) is 2.68. The zero-order valence-electron chi connectivity index (χ0n) is 11.6. The van der Waals surface area contributed by atoms with Crippen LogP contribution in [0, 0.1) is 5.92 Å². The molecular weight excluding hydrogens is 320 g/mol. The lowest BCUT2D eigenvalue weighted by atomic mass is 9.92. The molecule has 0 spiro atoms. The van der Waals surface area contributed by atoms with Gasteiger partial charge in [-0.15, -0.1) is 0 Å². The molecule has 0 radical (unpaired) electrons. The van der Waals surface area contributed by atoms with Gasteiger partial charge in [0.25, 0.3) is 0 Å². The molecule has 2 aliphatic rings. The summed E-state index contributed by atoms with van der Waals surface area (Å²) in [5.41, 5.74) is 1.16. The Labute approximate surface area is 127 Å². The van der Waals surface area contributed by atoms with Crippen LogP contribution < -0.4 is 0 Å². The summed E-state index contributed by atoms with van der Waals surface area (Å²) in [6.45, 7) is 4.41. The summed E-state index contributed by atoms with van der Waals surface area (Å²) in [4.78, 5) is 12.1. The van der Waals surface area contributed by atoms with E-state index in [1.165, 1.54) is 12.8 Å². The number of esters is 1. The SMILES string of the molecule is CC1(C)OC(=O)C(OCC2CC2)=C1c1ccc(Br)cc1. The molecule has 1 aliphatic heterocycles. The average molecular weight is 337 g/mol. The molecule has 1 fully saturated rings. The Hall–Kier alpha value is -1.29. The second kappa shape index (κ2) is 4.92. The van der Waals surface area contributed by atoms with Crippen molar-refractivity contribution in [2.45, 2.75) is 32.3 Å². The summed E-state index contributed by atoms with van der Waals surface area (Å²) in [5, 5.41) is 0. The van der Waals surface area contributed by atoms with Crippen molar-refractivity contribution >= 4 is 27.5 Å². The quantitative estimate of drug-likeness (QED) is 0.781. The lowest BCUT2D eigenvalue weighted by Gasteiger charge is -2.21. The van der Waals surface area contributed by atoms with E-state index in [1.807, 2.05) is 38.1 Å². The third-order valence-corrected chi connectivity index (χ3v) is 4.18. The standard InChI is InChI=1S/C16H17BrO3/c1-16(2)13(11-5-7-12(17)8-6-11)14(15(18)20-16)19-9-10-3-4-10/h5-8,10H,3-4,9H2,1-2H3. The van der Waals surface area contributed by atoms with Crippen LogP contribution in [0.3, 0.4) is 0 Å². The maximum atomic E-state index is 12.1. The van der Waals surface area contributed by atoms with Crippen LogP contribution in [-0.2, 0) is 14.3 Å². The first-order chi connectivity index (χ1) is 9.47. The van der Waals surface area contributed by atoms with E-state index in [0.29, 0.717) is 18.3 Å². The van der Waals surface area contributed by atoms with Crippen LogP contribution >= 0.6 is 15.9 Å². The number of rotatable bonds is 4. The number of carbonyl (C=O) groups excluding carboxylic acids is 1. The Kier molecular flexibility index (Phi) is 3.36. The van der Waals surface area contributed by atoms with Crippen LogP contribution in [0.15, 0.2) is 34.5 Å². The molecule has 3 rings (SSSR count). The van der Waals surface area contributed by atoms with E-state index in [0.717, 1.165) is 15.6 Å². The van der Waals surface area contributed by atoms with Crippen LogP contribution in [-0.4, -0.2) is 18.2 Å². The lowest BCUT2D eigenvalue weighted by molar-refractivity contribution is -0.147. The fourth-order valence-electron chi connectivity index (χ4n) is 2.42. The van der Waals surface area contributed by atoms with Gasteiger partial charge in [0.2, 0.25) is 5.76 Å². The van der Waals surface area contributed by atoms with E-state index >= 15 is 0 Å². The summed E-state index contributed by atoms with van der Waals surface area (Å²) < 4.78 is 12.2. The number of ether oxygens (including phenoxy) is 2.